The molecular weight excluding hydrogens is 913 g/mol. The third-order valence-electron chi connectivity index (χ3n) is 16.9. The standard InChI is InChI=1S/C69H48N6/c1-68(2)55-23-11-5-17-45(55)47-33-29-41(37-57(47)68)65-70-66(42-30-34-48-46-18-6-12-24-56(46)69(3,4)58(48)38-42)72-67(71-65)75-63-35-31-43(73-59-25-13-7-19-49(59)50-20-8-14-26-60(50)73)39-53(63)54-40-44(32-36-64(54)75)74-61-27-15-9-21-51(61)52-22-10-16-28-62(52)74/h5-40H,1-4H3. The van der Waals surface area contributed by atoms with Crippen LogP contribution in [0.5, 0.6) is 0 Å². The van der Waals surface area contributed by atoms with Crippen LogP contribution in [-0.2, 0) is 10.8 Å². The molecule has 10 aromatic carbocycles. The predicted octanol–water partition coefficient (Wildman–Crippen LogP) is 17.1. The van der Waals surface area contributed by atoms with Crippen molar-refractivity contribution in [3.63, 3.8) is 0 Å². The van der Waals surface area contributed by atoms with Gasteiger partial charge < -0.3 is 9.13 Å². The van der Waals surface area contributed by atoms with Crippen molar-refractivity contribution in [1.29, 1.82) is 0 Å². The van der Waals surface area contributed by atoms with Gasteiger partial charge in [0, 0.05) is 65.6 Å². The summed E-state index contributed by atoms with van der Waals surface area (Å²) in [6.07, 6.45) is 0. The molecule has 0 aliphatic heterocycles. The molecule has 354 valence electrons. The second-order valence-corrected chi connectivity index (χ2v) is 21.6. The summed E-state index contributed by atoms with van der Waals surface area (Å²) in [4.78, 5) is 16.6. The Morgan fingerprint density at radius 3 is 1.04 bits per heavy atom. The lowest BCUT2D eigenvalue weighted by molar-refractivity contribution is 0.660. The Kier molecular flexibility index (Phi) is 8.48. The minimum atomic E-state index is -0.198. The summed E-state index contributed by atoms with van der Waals surface area (Å²) < 4.78 is 7.08. The molecule has 0 amide bonds. The minimum Gasteiger partial charge on any atom is -0.309 e. The Morgan fingerprint density at radius 2 is 0.627 bits per heavy atom. The summed E-state index contributed by atoms with van der Waals surface area (Å²) in [6, 6.07) is 79.9. The zero-order chi connectivity index (χ0) is 49.9. The van der Waals surface area contributed by atoms with Crippen LogP contribution >= 0.6 is 0 Å². The van der Waals surface area contributed by atoms with Gasteiger partial charge in [-0.15, -0.1) is 0 Å². The topological polar surface area (TPSA) is 53.5 Å². The van der Waals surface area contributed by atoms with Crippen LogP contribution in [0.2, 0.25) is 0 Å². The molecule has 0 atom stereocenters. The number of aromatic nitrogens is 6. The molecule has 0 fully saturated rings. The molecule has 0 unspecified atom stereocenters. The molecule has 2 aliphatic carbocycles. The van der Waals surface area contributed by atoms with Gasteiger partial charge in [0.05, 0.1) is 33.1 Å². The number of nitrogens with zero attached hydrogens (tertiary/aromatic N) is 6. The highest BCUT2D eigenvalue weighted by molar-refractivity contribution is 6.14. The van der Waals surface area contributed by atoms with Gasteiger partial charge in [-0.2, -0.15) is 9.97 Å². The van der Waals surface area contributed by atoms with Crippen molar-refractivity contribution in [1.82, 2.24) is 28.7 Å². The Labute approximate surface area is 433 Å². The molecule has 4 heterocycles. The maximum Gasteiger partial charge on any atom is 0.238 e. The van der Waals surface area contributed by atoms with Gasteiger partial charge in [-0.25, -0.2) is 4.98 Å². The van der Waals surface area contributed by atoms with Gasteiger partial charge in [-0.1, -0.05) is 173 Å². The van der Waals surface area contributed by atoms with Crippen LogP contribution in [0, 0.1) is 0 Å². The zero-order valence-corrected chi connectivity index (χ0v) is 42.0. The van der Waals surface area contributed by atoms with Crippen LogP contribution in [0.4, 0.5) is 0 Å². The van der Waals surface area contributed by atoms with Gasteiger partial charge in [0.2, 0.25) is 5.95 Å². The van der Waals surface area contributed by atoms with Crippen LogP contribution < -0.4 is 0 Å². The lowest BCUT2D eigenvalue weighted by Gasteiger charge is -2.22. The lowest BCUT2D eigenvalue weighted by atomic mass is 9.82. The summed E-state index contributed by atoms with van der Waals surface area (Å²) >= 11 is 0. The molecule has 0 N–H and O–H groups in total. The average Bonchev–Trinajstić information content (AvgIpc) is 4.20. The second-order valence-electron chi connectivity index (χ2n) is 21.6. The van der Waals surface area contributed by atoms with Crippen LogP contribution in [-0.4, -0.2) is 28.7 Å². The summed E-state index contributed by atoms with van der Waals surface area (Å²) in [5, 5.41) is 7.12. The zero-order valence-electron chi connectivity index (χ0n) is 42.0. The van der Waals surface area contributed by atoms with Crippen LogP contribution in [0.1, 0.15) is 49.9 Å². The largest absolute Gasteiger partial charge is 0.309 e. The smallest absolute Gasteiger partial charge is 0.238 e. The molecule has 0 saturated carbocycles. The predicted molar refractivity (Wildman–Crippen MR) is 309 cm³/mol. The normalized spacial score (nSPS) is 14.1. The van der Waals surface area contributed by atoms with Crippen molar-refractivity contribution in [3.05, 3.63) is 241 Å². The van der Waals surface area contributed by atoms with Crippen LogP contribution in [0.15, 0.2) is 218 Å². The summed E-state index contributed by atoms with van der Waals surface area (Å²) in [7, 11) is 0. The Balaban J connectivity index is 0.970. The first-order chi connectivity index (χ1) is 36.7. The van der Waals surface area contributed by atoms with Crippen molar-refractivity contribution in [3.8, 4) is 62.4 Å². The fourth-order valence-corrected chi connectivity index (χ4v) is 13.3. The SMILES string of the molecule is CC1(C)c2ccccc2-c2ccc(-c3nc(-c4ccc5c(c4)C(C)(C)c4ccccc4-5)nc(-n4c5ccc(-n6c7ccccc7c7ccccc76)cc5c5cc(-n6c7ccccc7c7ccccc76)ccc54)n3)cc21. The van der Waals surface area contributed by atoms with Crippen molar-refractivity contribution in [2.45, 2.75) is 38.5 Å². The van der Waals surface area contributed by atoms with E-state index in [2.05, 4.69) is 260 Å². The Morgan fingerprint density at radius 1 is 0.280 bits per heavy atom. The highest BCUT2D eigenvalue weighted by Gasteiger charge is 2.37. The first kappa shape index (κ1) is 42.1. The van der Waals surface area contributed by atoms with Crippen molar-refractivity contribution >= 4 is 65.4 Å². The van der Waals surface area contributed by atoms with Gasteiger partial charge in [-0.3, -0.25) is 4.57 Å². The number of hydrogen-bond donors (Lipinski definition) is 0. The molecule has 4 aromatic heterocycles. The van der Waals surface area contributed by atoms with E-state index >= 15 is 0 Å². The molecule has 0 spiro atoms. The van der Waals surface area contributed by atoms with Gasteiger partial charge in [0.15, 0.2) is 11.6 Å². The van der Waals surface area contributed by atoms with Crippen molar-refractivity contribution < 1.29 is 0 Å². The van der Waals surface area contributed by atoms with E-state index in [1.807, 2.05) is 0 Å². The highest BCUT2D eigenvalue weighted by Crippen LogP contribution is 2.51. The molecule has 0 saturated heterocycles. The molecule has 14 aromatic rings. The Hall–Kier alpha value is -9.39. The summed E-state index contributed by atoms with van der Waals surface area (Å²) in [6.45, 7) is 9.31. The van der Waals surface area contributed by atoms with Crippen LogP contribution in [0.3, 0.4) is 0 Å². The molecule has 6 heteroatoms. The third-order valence-corrected chi connectivity index (χ3v) is 16.9. The van der Waals surface area contributed by atoms with E-state index in [-0.39, 0.29) is 10.8 Å². The third kappa shape index (κ3) is 5.82. The molecule has 75 heavy (non-hydrogen) atoms. The maximum atomic E-state index is 5.57. The molecule has 0 radical (unpaired) electrons. The number of rotatable bonds is 5. The van der Waals surface area contributed by atoms with Gasteiger partial charge in [-0.05, 0) is 117 Å². The Bertz CT molecular complexity index is 4390. The highest BCUT2D eigenvalue weighted by atomic mass is 15.2. The summed E-state index contributed by atoms with van der Waals surface area (Å²) in [5.41, 5.74) is 20.7. The maximum absolute atomic E-state index is 5.57. The molecular formula is C69H48N6. The first-order valence-corrected chi connectivity index (χ1v) is 26.0. The minimum absolute atomic E-state index is 0.198. The quantitative estimate of drug-likeness (QED) is 0.173. The number of fused-ring (bicyclic) bond motifs is 15. The lowest BCUT2D eigenvalue weighted by Crippen LogP contribution is -2.15. The fourth-order valence-electron chi connectivity index (χ4n) is 13.3. The van der Waals surface area contributed by atoms with Crippen molar-refractivity contribution in [2.24, 2.45) is 0 Å². The number of benzene rings is 10. The fraction of sp³-hybridized carbons (Fsp3) is 0.0870. The number of hydrogen-bond acceptors (Lipinski definition) is 3. The van der Waals surface area contributed by atoms with Crippen molar-refractivity contribution in [2.75, 3.05) is 0 Å². The summed E-state index contributed by atoms with van der Waals surface area (Å²) in [5.74, 6) is 1.83. The van der Waals surface area contributed by atoms with E-state index in [0.717, 1.165) is 44.3 Å². The van der Waals surface area contributed by atoms with E-state index in [9.17, 15) is 0 Å². The van der Waals surface area contributed by atoms with E-state index in [4.69, 9.17) is 15.0 Å². The molecule has 16 rings (SSSR count). The van der Waals surface area contributed by atoms with E-state index < -0.39 is 0 Å². The monoisotopic (exact) mass is 960 g/mol. The van der Waals surface area contributed by atoms with E-state index in [0.29, 0.717) is 17.6 Å². The molecule has 2 aliphatic rings. The van der Waals surface area contributed by atoms with E-state index in [1.165, 1.54) is 88.1 Å². The molecule has 6 nitrogen and oxygen atoms in total. The van der Waals surface area contributed by atoms with Gasteiger partial charge in [0.25, 0.3) is 0 Å². The molecule has 0 bridgehead atoms. The number of para-hydroxylation sites is 4. The average molecular weight is 961 g/mol. The van der Waals surface area contributed by atoms with Crippen LogP contribution in [0.25, 0.3) is 128 Å². The van der Waals surface area contributed by atoms with Gasteiger partial charge >= 0.3 is 0 Å². The first-order valence-electron chi connectivity index (χ1n) is 26.0. The van der Waals surface area contributed by atoms with E-state index in [1.54, 1.807) is 0 Å². The van der Waals surface area contributed by atoms with Gasteiger partial charge in [0.1, 0.15) is 0 Å². The second kappa shape index (κ2) is 15.1.